The van der Waals surface area contributed by atoms with Gasteiger partial charge in [-0.3, -0.25) is 9.78 Å². The summed E-state index contributed by atoms with van der Waals surface area (Å²) in [7, 11) is 3.46. The third-order valence-corrected chi connectivity index (χ3v) is 2.67. The lowest BCUT2D eigenvalue weighted by molar-refractivity contribution is -0.128. The third-order valence-electron chi connectivity index (χ3n) is 2.67. The van der Waals surface area contributed by atoms with Gasteiger partial charge in [-0.25, -0.2) is 0 Å². The molecule has 0 bridgehead atoms. The van der Waals surface area contributed by atoms with Crippen LogP contribution in [0.5, 0.6) is 0 Å². The Kier molecular flexibility index (Phi) is 6.98. The molecule has 1 rings (SSSR count). The van der Waals surface area contributed by atoms with Crippen LogP contribution >= 0.6 is 0 Å². The van der Waals surface area contributed by atoms with E-state index in [9.17, 15) is 4.79 Å². The van der Waals surface area contributed by atoms with Gasteiger partial charge in [0, 0.05) is 39.6 Å². The van der Waals surface area contributed by atoms with Gasteiger partial charge in [0.05, 0.1) is 13.2 Å². The molecule has 1 N–H and O–H groups in total. The van der Waals surface area contributed by atoms with Crippen LogP contribution in [0.1, 0.15) is 5.56 Å². The number of carbonyl (C=O) groups is 1. The Labute approximate surface area is 108 Å². The number of hydrogen-bond acceptors (Lipinski definition) is 4. The van der Waals surface area contributed by atoms with E-state index in [1.807, 2.05) is 19.2 Å². The van der Waals surface area contributed by atoms with E-state index in [0.29, 0.717) is 19.7 Å². The molecule has 1 aromatic heterocycles. The molecule has 0 saturated heterocycles. The Morgan fingerprint density at radius 1 is 1.44 bits per heavy atom. The second kappa shape index (κ2) is 8.60. The molecule has 0 atom stereocenters. The molecule has 1 amide bonds. The molecule has 0 aliphatic carbocycles. The van der Waals surface area contributed by atoms with Gasteiger partial charge in [-0.05, 0) is 24.1 Å². The lowest BCUT2D eigenvalue weighted by atomic mass is 10.2. The lowest BCUT2D eigenvalue weighted by Crippen LogP contribution is -2.37. The second-order valence-corrected chi connectivity index (χ2v) is 4.09. The number of likely N-dealkylation sites (N-methyl/N-ethyl adjacent to an activating group) is 1. The van der Waals surface area contributed by atoms with E-state index >= 15 is 0 Å². The van der Waals surface area contributed by atoms with Gasteiger partial charge in [-0.1, -0.05) is 0 Å². The minimum absolute atomic E-state index is 0.0974. The molecular weight excluding hydrogens is 230 g/mol. The van der Waals surface area contributed by atoms with Crippen molar-refractivity contribution in [1.82, 2.24) is 15.2 Å². The predicted octanol–water partition coefficient (Wildman–Crippen LogP) is 0.319. The van der Waals surface area contributed by atoms with Crippen molar-refractivity contribution in [2.45, 2.75) is 6.42 Å². The Morgan fingerprint density at radius 3 is 2.83 bits per heavy atom. The zero-order valence-corrected chi connectivity index (χ0v) is 11.1. The molecule has 0 saturated carbocycles. The number of carbonyl (C=O) groups excluding carboxylic acids is 1. The summed E-state index contributed by atoms with van der Waals surface area (Å²) in [6.45, 7) is 2.39. The van der Waals surface area contributed by atoms with Crippen molar-refractivity contribution >= 4 is 5.91 Å². The quantitative estimate of drug-likeness (QED) is 0.676. The molecule has 1 aromatic rings. The number of methoxy groups -OCH3 is 1. The van der Waals surface area contributed by atoms with Crippen LogP contribution in [0.2, 0.25) is 0 Å². The zero-order valence-electron chi connectivity index (χ0n) is 11.1. The van der Waals surface area contributed by atoms with E-state index in [1.54, 1.807) is 24.4 Å². The molecule has 0 aliphatic heterocycles. The van der Waals surface area contributed by atoms with Crippen LogP contribution in [0.25, 0.3) is 0 Å². The smallest absolute Gasteiger partial charge is 0.236 e. The first-order valence-corrected chi connectivity index (χ1v) is 6.06. The topological polar surface area (TPSA) is 54.5 Å². The van der Waals surface area contributed by atoms with Crippen LogP contribution in [0.3, 0.4) is 0 Å². The van der Waals surface area contributed by atoms with Gasteiger partial charge >= 0.3 is 0 Å². The first kappa shape index (κ1) is 14.6. The van der Waals surface area contributed by atoms with Crippen LogP contribution in [0.4, 0.5) is 0 Å². The molecule has 100 valence electrons. The molecule has 0 unspecified atom stereocenters. The first-order valence-electron chi connectivity index (χ1n) is 6.06. The van der Waals surface area contributed by atoms with Crippen molar-refractivity contribution in [3.8, 4) is 0 Å². The highest BCUT2D eigenvalue weighted by molar-refractivity contribution is 5.77. The van der Waals surface area contributed by atoms with Crippen molar-refractivity contribution in [2.75, 3.05) is 40.4 Å². The maximum atomic E-state index is 11.7. The van der Waals surface area contributed by atoms with Crippen LogP contribution < -0.4 is 5.32 Å². The molecule has 0 aromatic carbocycles. The molecule has 1 heterocycles. The molecule has 0 aliphatic rings. The van der Waals surface area contributed by atoms with E-state index in [-0.39, 0.29) is 5.91 Å². The highest BCUT2D eigenvalue weighted by Crippen LogP contribution is 1.98. The normalized spacial score (nSPS) is 10.3. The summed E-state index contributed by atoms with van der Waals surface area (Å²) in [5, 5.41) is 3.04. The Bertz CT molecular complexity index is 343. The molecule has 5 heteroatoms. The number of hydrogen-bond donors (Lipinski definition) is 1. The second-order valence-electron chi connectivity index (χ2n) is 4.09. The Hall–Kier alpha value is -1.46. The lowest BCUT2D eigenvalue weighted by Gasteiger charge is -2.17. The molecule has 0 radical (unpaired) electrons. The van der Waals surface area contributed by atoms with Crippen molar-refractivity contribution in [2.24, 2.45) is 0 Å². The van der Waals surface area contributed by atoms with Crippen molar-refractivity contribution < 1.29 is 9.53 Å². The SMILES string of the molecule is COCCNCC(=O)N(C)CCc1ccncc1. The summed E-state index contributed by atoms with van der Waals surface area (Å²) in [6.07, 6.45) is 4.38. The maximum Gasteiger partial charge on any atom is 0.236 e. The Morgan fingerprint density at radius 2 is 2.17 bits per heavy atom. The summed E-state index contributed by atoms with van der Waals surface area (Å²) < 4.78 is 4.90. The van der Waals surface area contributed by atoms with Gasteiger partial charge in [0.1, 0.15) is 0 Å². The fourth-order valence-electron chi connectivity index (χ4n) is 1.48. The predicted molar refractivity (Wildman–Crippen MR) is 70.3 cm³/mol. The van der Waals surface area contributed by atoms with Gasteiger partial charge in [0.15, 0.2) is 0 Å². The van der Waals surface area contributed by atoms with Gasteiger partial charge in [-0.15, -0.1) is 0 Å². The zero-order chi connectivity index (χ0) is 13.2. The van der Waals surface area contributed by atoms with E-state index in [4.69, 9.17) is 4.74 Å². The van der Waals surface area contributed by atoms with Crippen LogP contribution in [0.15, 0.2) is 24.5 Å². The van der Waals surface area contributed by atoms with Gasteiger partial charge in [0.2, 0.25) is 5.91 Å². The van der Waals surface area contributed by atoms with E-state index < -0.39 is 0 Å². The average molecular weight is 251 g/mol. The molecule has 5 nitrogen and oxygen atoms in total. The summed E-state index contributed by atoms with van der Waals surface area (Å²) in [6, 6.07) is 3.93. The number of nitrogens with zero attached hydrogens (tertiary/aromatic N) is 2. The van der Waals surface area contributed by atoms with Crippen molar-refractivity contribution in [3.05, 3.63) is 30.1 Å². The van der Waals surface area contributed by atoms with Crippen LogP contribution in [-0.2, 0) is 16.0 Å². The number of rotatable bonds is 8. The van der Waals surface area contributed by atoms with Gasteiger partial charge < -0.3 is 15.0 Å². The minimum Gasteiger partial charge on any atom is -0.383 e. The maximum absolute atomic E-state index is 11.7. The van der Waals surface area contributed by atoms with E-state index in [2.05, 4.69) is 10.3 Å². The number of pyridine rings is 1. The van der Waals surface area contributed by atoms with E-state index in [1.165, 1.54) is 5.56 Å². The summed E-state index contributed by atoms with van der Waals surface area (Å²) >= 11 is 0. The molecule has 0 spiro atoms. The third kappa shape index (κ3) is 5.75. The average Bonchev–Trinajstić information content (AvgIpc) is 2.42. The first-order chi connectivity index (χ1) is 8.74. The summed E-state index contributed by atoms with van der Waals surface area (Å²) in [4.78, 5) is 17.4. The number of amides is 1. The van der Waals surface area contributed by atoms with Crippen LogP contribution in [-0.4, -0.2) is 56.2 Å². The largest absolute Gasteiger partial charge is 0.383 e. The summed E-state index contributed by atoms with van der Waals surface area (Å²) in [5.41, 5.74) is 1.19. The number of nitrogens with one attached hydrogen (secondary N) is 1. The van der Waals surface area contributed by atoms with Crippen molar-refractivity contribution in [3.63, 3.8) is 0 Å². The molecular formula is C13H21N3O2. The van der Waals surface area contributed by atoms with Crippen LogP contribution in [0, 0.1) is 0 Å². The number of ether oxygens (including phenoxy) is 1. The minimum atomic E-state index is 0.0974. The Balaban J connectivity index is 2.19. The van der Waals surface area contributed by atoms with Crippen molar-refractivity contribution in [1.29, 1.82) is 0 Å². The highest BCUT2D eigenvalue weighted by atomic mass is 16.5. The summed E-state index contributed by atoms with van der Waals surface area (Å²) in [5.74, 6) is 0.0974. The standard InChI is InChI=1S/C13H21N3O2/c1-16(13(17)11-15-8-10-18-2)9-5-12-3-6-14-7-4-12/h3-4,6-7,15H,5,8-11H2,1-2H3. The fraction of sp³-hybridized carbons (Fsp3) is 0.538. The number of aromatic nitrogens is 1. The molecule has 0 fully saturated rings. The fourth-order valence-corrected chi connectivity index (χ4v) is 1.48. The highest BCUT2D eigenvalue weighted by Gasteiger charge is 2.07. The van der Waals surface area contributed by atoms with Gasteiger partial charge in [-0.2, -0.15) is 0 Å². The molecule has 18 heavy (non-hydrogen) atoms. The van der Waals surface area contributed by atoms with E-state index in [0.717, 1.165) is 13.0 Å². The monoisotopic (exact) mass is 251 g/mol. The van der Waals surface area contributed by atoms with Gasteiger partial charge in [0.25, 0.3) is 0 Å².